The van der Waals surface area contributed by atoms with Crippen molar-refractivity contribution < 1.29 is 4.58 Å². The third-order valence-electron chi connectivity index (χ3n) is 2.56. The minimum atomic E-state index is 0.142. The zero-order chi connectivity index (χ0) is 7.94. The maximum absolute atomic E-state index is 3.48. The molecule has 1 aliphatic heterocycles. The molecule has 1 N–H and O–H groups in total. The summed E-state index contributed by atoms with van der Waals surface area (Å²) < 4.78 is 2.29. The molecule has 1 rings (SSSR count). The summed E-state index contributed by atoms with van der Waals surface area (Å²) >= 11 is 0. The summed E-state index contributed by atoms with van der Waals surface area (Å²) in [5, 5.41) is 3.48. The first-order valence-electron chi connectivity index (χ1n) is 3.80. The molecule has 2 heteroatoms. The summed E-state index contributed by atoms with van der Waals surface area (Å²) in [6.45, 7) is 8.76. The van der Waals surface area contributed by atoms with Gasteiger partial charge in [-0.15, -0.1) is 0 Å². The van der Waals surface area contributed by atoms with Crippen molar-refractivity contribution in [3.05, 3.63) is 0 Å². The predicted octanol–water partition coefficient (Wildman–Crippen LogP) is 0.817. The molecule has 0 aromatic rings. The monoisotopic (exact) mass is 141 g/mol. The van der Waals surface area contributed by atoms with E-state index in [0.29, 0.717) is 6.04 Å². The molecule has 2 nitrogen and oxygen atoms in total. The SMILES string of the molecule is CC1=[N+](C)C(C)(C)NC1C. The van der Waals surface area contributed by atoms with Gasteiger partial charge in [0.05, 0.1) is 6.04 Å². The van der Waals surface area contributed by atoms with Crippen LogP contribution in [-0.4, -0.2) is 29.0 Å². The smallest absolute Gasteiger partial charge is 0.211 e. The Hall–Kier alpha value is -0.370. The molecule has 0 bridgehead atoms. The first kappa shape index (κ1) is 7.73. The van der Waals surface area contributed by atoms with E-state index in [4.69, 9.17) is 0 Å². The lowest BCUT2D eigenvalue weighted by Crippen LogP contribution is -2.43. The lowest BCUT2D eigenvalue weighted by Gasteiger charge is -2.14. The molecule has 1 heterocycles. The average molecular weight is 141 g/mol. The fourth-order valence-electron chi connectivity index (χ4n) is 1.46. The summed E-state index contributed by atoms with van der Waals surface area (Å²) in [6.07, 6.45) is 0. The van der Waals surface area contributed by atoms with Crippen LogP contribution >= 0.6 is 0 Å². The second kappa shape index (κ2) is 2.06. The molecule has 0 aromatic heterocycles. The van der Waals surface area contributed by atoms with E-state index in [1.54, 1.807) is 0 Å². The van der Waals surface area contributed by atoms with E-state index in [1.807, 2.05) is 0 Å². The van der Waals surface area contributed by atoms with Crippen LogP contribution in [0.25, 0.3) is 0 Å². The Balaban J connectivity index is 2.95. The molecule has 1 unspecified atom stereocenters. The van der Waals surface area contributed by atoms with Crippen molar-refractivity contribution in [2.75, 3.05) is 7.05 Å². The molecule has 0 saturated heterocycles. The molecule has 1 aliphatic rings. The highest BCUT2D eigenvalue weighted by Gasteiger charge is 2.39. The predicted molar refractivity (Wildman–Crippen MR) is 43.5 cm³/mol. The van der Waals surface area contributed by atoms with Crippen molar-refractivity contribution in [2.45, 2.75) is 39.4 Å². The maximum atomic E-state index is 3.48. The van der Waals surface area contributed by atoms with Gasteiger partial charge in [-0.05, 0) is 6.92 Å². The molecule has 58 valence electrons. The Labute approximate surface area is 62.9 Å². The van der Waals surface area contributed by atoms with Crippen LogP contribution in [0.2, 0.25) is 0 Å². The lowest BCUT2D eigenvalue weighted by atomic mass is 10.2. The summed E-state index contributed by atoms with van der Waals surface area (Å²) in [4.78, 5) is 0. The van der Waals surface area contributed by atoms with E-state index in [1.165, 1.54) is 5.71 Å². The Morgan fingerprint density at radius 2 is 2.00 bits per heavy atom. The van der Waals surface area contributed by atoms with Gasteiger partial charge in [0.25, 0.3) is 0 Å². The Morgan fingerprint density at radius 1 is 1.50 bits per heavy atom. The molecular weight excluding hydrogens is 124 g/mol. The second-order valence-corrected chi connectivity index (χ2v) is 3.63. The number of nitrogens with zero attached hydrogens (tertiary/aromatic N) is 1. The summed E-state index contributed by atoms with van der Waals surface area (Å²) in [5.41, 5.74) is 1.56. The van der Waals surface area contributed by atoms with Crippen molar-refractivity contribution in [3.63, 3.8) is 0 Å². The van der Waals surface area contributed by atoms with Crippen molar-refractivity contribution in [1.29, 1.82) is 0 Å². The topological polar surface area (TPSA) is 15.0 Å². The largest absolute Gasteiger partial charge is 0.245 e. The van der Waals surface area contributed by atoms with Gasteiger partial charge in [0.1, 0.15) is 7.05 Å². The standard InChI is InChI=1S/C8H17N2/c1-6-7(2)10(5)8(3,4)9-6/h6,9H,1-5H3/q+1. The number of nitrogens with one attached hydrogen (secondary N) is 1. The third-order valence-corrected chi connectivity index (χ3v) is 2.56. The van der Waals surface area contributed by atoms with E-state index in [0.717, 1.165) is 0 Å². The van der Waals surface area contributed by atoms with Crippen LogP contribution in [0, 0.1) is 0 Å². The van der Waals surface area contributed by atoms with E-state index in [-0.39, 0.29) is 5.66 Å². The molecule has 10 heavy (non-hydrogen) atoms. The molecule has 0 saturated carbocycles. The van der Waals surface area contributed by atoms with Crippen LogP contribution in [0.1, 0.15) is 27.7 Å². The summed E-state index contributed by atoms with van der Waals surface area (Å²) in [7, 11) is 2.13. The highest BCUT2D eigenvalue weighted by molar-refractivity contribution is 5.83. The van der Waals surface area contributed by atoms with E-state index in [9.17, 15) is 0 Å². The van der Waals surface area contributed by atoms with Crippen LogP contribution in [0.15, 0.2) is 0 Å². The second-order valence-electron chi connectivity index (χ2n) is 3.63. The highest BCUT2D eigenvalue weighted by atomic mass is 15.3. The quantitative estimate of drug-likeness (QED) is 0.493. The van der Waals surface area contributed by atoms with Crippen molar-refractivity contribution >= 4 is 5.71 Å². The molecule has 0 amide bonds. The minimum Gasteiger partial charge on any atom is -0.245 e. The van der Waals surface area contributed by atoms with Gasteiger partial charge in [-0.3, -0.25) is 0 Å². The first-order valence-corrected chi connectivity index (χ1v) is 3.80. The van der Waals surface area contributed by atoms with Crippen molar-refractivity contribution in [2.24, 2.45) is 0 Å². The van der Waals surface area contributed by atoms with E-state index >= 15 is 0 Å². The number of hydrogen-bond donors (Lipinski definition) is 1. The van der Waals surface area contributed by atoms with Crippen molar-refractivity contribution in [3.8, 4) is 0 Å². The van der Waals surface area contributed by atoms with Gasteiger partial charge >= 0.3 is 0 Å². The fourth-order valence-corrected chi connectivity index (χ4v) is 1.46. The zero-order valence-corrected chi connectivity index (χ0v) is 7.52. The summed E-state index contributed by atoms with van der Waals surface area (Å²) in [6, 6.07) is 0.528. The Kier molecular flexibility index (Phi) is 1.59. The van der Waals surface area contributed by atoms with Crippen LogP contribution in [0.3, 0.4) is 0 Å². The fraction of sp³-hybridized carbons (Fsp3) is 0.875. The van der Waals surface area contributed by atoms with Crippen LogP contribution in [0.4, 0.5) is 0 Å². The van der Waals surface area contributed by atoms with Gasteiger partial charge in [0.15, 0.2) is 5.71 Å². The first-order chi connectivity index (χ1) is 4.45. The normalized spacial score (nSPS) is 31.5. The Bertz CT molecular complexity index is 180. The molecular formula is C8H17N2+. The molecule has 0 spiro atoms. The zero-order valence-electron chi connectivity index (χ0n) is 7.52. The van der Waals surface area contributed by atoms with Gasteiger partial charge in [-0.2, -0.15) is 0 Å². The van der Waals surface area contributed by atoms with Gasteiger partial charge < -0.3 is 0 Å². The molecule has 0 aliphatic carbocycles. The highest BCUT2D eigenvalue weighted by Crippen LogP contribution is 2.12. The Morgan fingerprint density at radius 3 is 2.10 bits per heavy atom. The minimum absolute atomic E-state index is 0.142. The maximum Gasteiger partial charge on any atom is 0.211 e. The number of hydrogen-bond acceptors (Lipinski definition) is 1. The molecule has 0 fully saturated rings. The molecule has 0 aromatic carbocycles. The van der Waals surface area contributed by atoms with Crippen LogP contribution < -0.4 is 5.32 Å². The van der Waals surface area contributed by atoms with E-state index in [2.05, 4.69) is 44.6 Å². The van der Waals surface area contributed by atoms with E-state index < -0.39 is 0 Å². The lowest BCUT2D eigenvalue weighted by molar-refractivity contribution is -0.572. The van der Waals surface area contributed by atoms with Gasteiger partial charge in [0, 0.05) is 20.8 Å². The molecule has 1 atom stereocenters. The van der Waals surface area contributed by atoms with Gasteiger partial charge in [-0.1, -0.05) is 0 Å². The van der Waals surface area contributed by atoms with Crippen molar-refractivity contribution in [1.82, 2.24) is 5.32 Å². The van der Waals surface area contributed by atoms with Crippen LogP contribution in [-0.2, 0) is 0 Å². The average Bonchev–Trinajstić information content (AvgIpc) is 1.95. The van der Waals surface area contributed by atoms with Crippen LogP contribution in [0.5, 0.6) is 0 Å². The number of rotatable bonds is 0. The summed E-state index contributed by atoms with van der Waals surface area (Å²) in [5.74, 6) is 0. The van der Waals surface area contributed by atoms with Gasteiger partial charge in [-0.25, -0.2) is 9.89 Å². The third kappa shape index (κ3) is 0.966. The van der Waals surface area contributed by atoms with Gasteiger partial charge in [0.2, 0.25) is 5.66 Å². The molecule has 0 radical (unpaired) electrons.